The van der Waals surface area contributed by atoms with E-state index in [9.17, 15) is 4.79 Å². The monoisotopic (exact) mass is 428 g/mol. The van der Waals surface area contributed by atoms with Gasteiger partial charge in [-0.3, -0.25) is 4.99 Å². The largest absolute Gasteiger partial charge is 0.491 e. The van der Waals surface area contributed by atoms with Crippen LogP contribution in [-0.4, -0.2) is 74.3 Å². The molecule has 158 valence electrons. The molecule has 2 aromatic rings. The Hall–Kier alpha value is -2.88. The molecule has 1 amide bonds. The number of thioether (sulfide) groups is 1. The van der Waals surface area contributed by atoms with E-state index in [1.807, 2.05) is 36.0 Å². The molecule has 1 atom stereocenters. The van der Waals surface area contributed by atoms with Crippen molar-refractivity contribution in [1.29, 1.82) is 0 Å². The maximum absolute atomic E-state index is 11.9. The Morgan fingerprint density at radius 2 is 2.07 bits per heavy atom. The Morgan fingerprint density at radius 1 is 1.27 bits per heavy atom. The van der Waals surface area contributed by atoms with Crippen molar-refractivity contribution in [1.82, 2.24) is 25.1 Å². The van der Waals surface area contributed by atoms with Crippen LogP contribution in [0.1, 0.15) is 12.8 Å². The van der Waals surface area contributed by atoms with E-state index in [1.165, 1.54) is 5.04 Å². The van der Waals surface area contributed by atoms with Crippen molar-refractivity contribution < 1.29 is 14.3 Å². The average Bonchev–Trinajstić information content (AvgIpc) is 3.49. The molecule has 9 nitrogen and oxygen atoms in total. The SMILES string of the molecule is C=CCOC(=O)N1CCC(C2=NC(COc3ccc(-n4cnnn4)cc3)CS2)CC1. The first-order valence-corrected chi connectivity index (χ1v) is 10.9. The van der Waals surface area contributed by atoms with Crippen molar-refractivity contribution >= 4 is 22.9 Å². The highest BCUT2D eigenvalue weighted by Crippen LogP contribution is 2.30. The molecule has 0 aliphatic carbocycles. The first-order valence-electron chi connectivity index (χ1n) is 9.92. The average molecular weight is 429 g/mol. The number of amides is 1. The summed E-state index contributed by atoms with van der Waals surface area (Å²) in [5.41, 5.74) is 0.879. The maximum atomic E-state index is 11.9. The molecule has 1 fully saturated rings. The molecule has 1 saturated heterocycles. The Bertz CT molecular complexity index is 878. The third-order valence-electron chi connectivity index (χ3n) is 5.05. The molecular formula is C20H24N6O3S. The van der Waals surface area contributed by atoms with Crippen molar-refractivity contribution in [2.75, 3.05) is 32.1 Å². The normalized spacial score (nSPS) is 19.4. The van der Waals surface area contributed by atoms with Crippen LogP contribution >= 0.6 is 11.8 Å². The van der Waals surface area contributed by atoms with Crippen molar-refractivity contribution in [2.24, 2.45) is 10.9 Å². The third kappa shape index (κ3) is 4.99. The molecule has 0 radical (unpaired) electrons. The van der Waals surface area contributed by atoms with Crippen LogP contribution in [0, 0.1) is 5.92 Å². The first kappa shape index (κ1) is 20.4. The molecule has 10 heteroatoms. The maximum Gasteiger partial charge on any atom is 0.410 e. The summed E-state index contributed by atoms with van der Waals surface area (Å²) < 4.78 is 12.6. The lowest BCUT2D eigenvalue weighted by Gasteiger charge is -2.31. The number of benzene rings is 1. The summed E-state index contributed by atoms with van der Waals surface area (Å²) in [5.74, 6) is 2.14. The summed E-state index contributed by atoms with van der Waals surface area (Å²) in [6.45, 7) is 5.77. The zero-order chi connectivity index (χ0) is 20.8. The molecule has 1 aromatic carbocycles. The van der Waals surface area contributed by atoms with E-state index in [0.29, 0.717) is 25.6 Å². The van der Waals surface area contributed by atoms with Gasteiger partial charge in [-0.2, -0.15) is 0 Å². The molecule has 0 saturated carbocycles. The second-order valence-corrected chi connectivity index (χ2v) is 8.16. The van der Waals surface area contributed by atoms with E-state index < -0.39 is 0 Å². The summed E-state index contributed by atoms with van der Waals surface area (Å²) in [4.78, 5) is 18.6. The van der Waals surface area contributed by atoms with Crippen LogP contribution in [0.25, 0.3) is 5.69 Å². The summed E-state index contributed by atoms with van der Waals surface area (Å²) >= 11 is 1.81. The van der Waals surface area contributed by atoms with Crippen molar-refractivity contribution in [2.45, 2.75) is 18.9 Å². The molecule has 0 bridgehead atoms. The number of carbonyl (C=O) groups excluding carboxylic acids is 1. The fourth-order valence-electron chi connectivity index (χ4n) is 3.44. The summed E-state index contributed by atoms with van der Waals surface area (Å²) in [6.07, 6.45) is 4.71. The van der Waals surface area contributed by atoms with Crippen LogP contribution in [-0.2, 0) is 4.74 Å². The molecule has 1 unspecified atom stereocenters. The lowest BCUT2D eigenvalue weighted by Crippen LogP contribution is -2.40. The van der Waals surface area contributed by atoms with Gasteiger partial charge < -0.3 is 14.4 Å². The van der Waals surface area contributed by atoms with Gasteiger partial charge in [-0.15, -0.1) is 16.9 Å². The number of aliphatic imine (C=N–C) groups is 1. The Labute approximate surface area is 179 Å². The number of likely N-dealkylation sites (tertiary alicyclic amines) is 1. The number of rotatable bonds is 7. The minimum absolute atomic E-state index is 0.153. The fraction of sp³-hybridized carbons (Fsp3) is 0.450. The minimum atomic E-state index is -0.258. The fourth-order valence-corrected chi connectivity index (χ4v) is 4.67. The lowest BCUT2D eigenvalue weighted by molar-refractivity contribution is 0.101. The molecule has 3 heterocycles. The molecule has 1 aromatic heterocycles. The number of aromatic nitrogens is 4. The number of ether oxygens (including phenoxy) is 2. The van der Waals surface area contributed by atoms with E-state index in [-0.39, 0.29) is 18.7 Å². The van der Waals surface area contributed by atoms with Crippen LogP contribution in [0.3, 0.4) is 0 Å². The summed E-state index contributed by atoms with van der Waals surface area (Å²) in [7, 11) is 0. The van der Waals surface area contributed by atoms with Gasteiger partial charge in [0.05, 0.1) is 16.8 Å². The number of piperidine rings is 1. The van der Waals surface area contributed by atoms with Crippen molar-refractivity contribution in [3.8, 4) is 11.4 Å². The van der Waals surface area contributed by atoms with Gasteiger partial charge in [0.1, 0.15) is 25.3 Å². The van der Waals surface area contributed by atoms with Gasteiger partial charge in [0.25, 0.3) is 0 Å². The number of hydrogen-bond donors (Lipinski definition) is 0. The highest BCUT2D eigenvalue weighted by Gasteiger charge is 2.30. The zero-order valence-electron chi connectivity index (χ0n) is 16.6. The molecule has 4 rings (SSSR count). The van der Waals surface area contributed by atoms with E-state index in [1.54, 1.807) is 22.0 Å². The lowest BCUT2D eigenvalue weighted by atomic mass is 9.98. The zero-order valence-corrected chi connectivity index (χ0v) is 17.4. The second kappa shape index (κ2) is 9.75. The molecule has 2 aliphatic rings. The minimum Gasteiger partial charge on any atom is -0.491 e. The number of nitrogens with zero attached hydrogens (tertiary/aromatic N) is 6. The van der Waals surface area contributed by atoms with Gasteiger partial charge in [-0.25, -0.2) is 9.48 Å². The van der Waals surface area contributed by atoms with Crippen LogP contribution in [0.4, 0.5) is 4.79 Å². The van der Waals surface area contributed by atoms with Crippen LogP contribution < -0.4 is 4.74 Å². The highest BCUT2D eigenvalue weighted by atomic mass is 32.2. The Kier molecular flexibility index (Phi) is 6.63. The van der Waals surface area contributed by atoms with E-state index in [2.05, 4.69) is 22.1 Å². The number of carbonyl (C=O) groups is 1. The molecular weight excluding hydrogens is 404 g/mol. The van der Waals surface area contributed by atoms with Crippen LogP contribution in [0.5, 0.6) is 5.75 Å². The van der Waals surface area contributed by atoms with Gasteiger partial charge in [0, 0.05) is 24.8 Å². The summed E-state index contributed by atoms with van der Waals surface area (Å²) in [5, 5.41) is 12.3. The van der Waals surface area contributed by atoms with Gasteiger partial charge in [-0.05, 0) is 47.5 Å². The first-order chi connectivity index (χ1) is 14.7. The number of hydrogen-bond acceptors (Lipinski definition) is 8. The van der Waals surface area contributed by atoms with Crippen LogP contribution in [0.15, 0.2) is 48.2 Å². The highest BCUT2D eigenvalue weighted by molar-refractivity contribution is 8.14. The van der Waals surface area contributed by atoms with Gasteiger partial charge in [0.15, 0.2) is 0 Å². The second-order valence-electron chi connectivity index (χ2n) is 7.12. The standard InChI is InChI=1S/C20H24N6O3S/c1-2-11-28-20(27)25-9-7-15(8-10-25)19-22-16(13-30-19)12-29-18-5-3-17(4-6-18)26-14-21-23-24-26/h2-6,14-16H,1,7-13H2. The molecule has 0 spiro atoms. The third-order valence-corrected chi connectivity index (χ3v) is 6.34. The Balaban J connectivity index is 1.23. The Morgan fingerprint density at radius 3 is 2.77 bits per heavy atom. The predicted octanol–water partition coefficient (Wildman–Crippen LogP) is 2.59. The quantitative estimate of drug-likeness (QED) is 0.626. The number of tetrazole rings is 1. The molecule has 30 heavy (non-hydrogen) atoms. The van der Waals surface area contributed by atoms with E-state index in [4.69, 9.17) is 14.5 Å². The smallest absolute Gasteiger partial charge is 0.410 e. The predicted molar refractivity (Wildman–Crippen MR) is 114 cm³/mol. The van der Waals surface area contributed by atoms with Gasteiger partial charge >= 0.3 is 6.09 Å². The van der Waals surface area contributed by atoms with Crippen LogP contribution in [0.2, 0.25) is 0 Å². The van der Waals surface area contributed by atoms with Crippen molar-refractivity contribution in [3.05, 3.63) is 43.2 Å². The van der Waals surface area contributed by atoms with Gasteiger partial charge in [-0.1, -0.05) is 12.7 Å². The molecule has 0 N–H and O–H groups in total. The summed E-state index contributed by atoms with van der Waals surface area (Å²) in [6, 6.07) is 7.80. The van der Waals surface area contributed by atoms with Gasteiger partial charge in [0.2, 0.25) is 0 Å². The van der Waals surface area contributed by atoms with E-state index in [0.717, 1.165) is 30.0 Å². The molecule has 2 aliphatic heterocycles. The topological polar surface area (TPSA) is 94.7 Å². The van der Waals surface area contributed by atoms with Crippen molar-refractivity contribution in [3.63, 3.8) is 0 Å². The van der Waals surface area contributed by atoms with E-state index >= 15 is 0 Å².